The van der Waals surface area contributed by atoms with Crippen LogP contribution in [0.15, 0.2) is 6.33 Å². The summed E-state index contributed by atoms with van der Waals surface area (Å²) in [5.41, 5.74) is 6.83. The van der Waals surface area contributed by atoms with Gasteiger partial charge in [-0.25, -0.2) is 19.7 Å². The fraction of sp³-hybridized carbons (Fsp3) is 0.682. The number of carbonyl (C=O) groups is 2. The Morgan fingerprint density at radius 3 is 2.63 bits per heavy atom. The minimum Gasteiger partial charge on any atom is -0.447 e. The predicted octanol–water partition coefficient (Wildman–Crippen LogP) is -0.0367. The molecule has 4 atom stereocenters. The predicted molar refractivity (Wildman–Crippen MR) is 124 cm³/mol. The number of aliphatic hydroxyl groups is 2. The SMILES string of the molecule is CCNC(=O)[C@H]1O[C@@H](n2cnc3c(N)nc(CC4CCN(C(=O)OC(C)C)CC4)nc32)C(O)[C@H]1O. The zero-order chi connectivity index (χ0) is 25.3. The summed E-state index contributed by atoms with van der Waals surface area (Å²) in [6.45, 7) is 6.94. The van der Waals surface area contributed by atoms with Crippen LogP contribution in [0, 0.1) is 5.92 Å². The van der Waals surface area contributed by atoms with Gasteiger partial charge in [0.25, 0.3) is 5.91 Å². The second kappa shape index (κ2) is 10.3. The number of fused-ring (bicyclic) bond motifs is 1. The quantitative estimate of drug-likeness (QED) is 0.429. The monoisotopic (exact) mass is 491 g/mol. The number of amides is 2. The number of nitrogens with zero attached hydrogens (tertiary/aromatic N) is 5. The average Bonchev–Trinajstić information content (AvgIpc) is 3.35. The third-order valence-corrected chi connectivity index (χ3v) is 6.30. The Hall–Kier alpha value is -3.03. The number of hydrogen-bond acceptors (Lipinski definition) is 10. The summed E-state index contributed by atoms with van der Waals surface area (Å²) in [6.07, 6.45) is -2.02. The maximum absolute atomic E-state index is 12.2. The van der Waals surface area contributed by atoms with Crippen molar-refractivity contribution in [1.82, 2.24) is 29.7 Å². The van der Waals surface area contributed by atoms with Crippen LogP contribution in [0.2, 0.25) is 0 Å². The van der Waals surface area contributed by atoms with Crippen molar-refractivity contribution in [2.75, 3.05) is 25.4 Å². The Morgan fingerprint density at radius 2 is 1.97 bits per heavy atom. The van der Waals surface area contributed by atoms with Crippen molar-refractivity contribution in [3.8, 4) is 0 Å². The summed E-state index contributed by atoms with van der Waals surface area (Å²) < 4.78 is 12.4. The van der Waals surface area contributed by atoms with E-state index in [1.165, 1.54) is 10.9 Å². The van der Waals surface area contributed by atoms with Gasteiger partial charge in [0, 0.05) is 26.1 Å². The van der Waals surface area contributed by atoms with E-state index in [-0.39, 0.29) is 23.9 Å². The molecule has 2 aliphatic rings. The molecular formula is C22H33N7O6. The van der Waals surface area contributed by atoms with Crippen LogP contribution < -0.4 is 11.1 Å². The lowest BCUT2D eigenvalue weighted by Crippen LogP contribution is -2.42. The summed E-state index contributed by atoms with van der Waals surface area (Å²) >= 11 is 0. The number of nitrogen functional groups attached to an aromatic ring is 1. The van der Waals surface area contributed by atoms with Gasteiger partial charge in [0.2, 0.25) is 0 Å². The standard InChI is InChI=1S/C22H33N7O6/c1-4-24-20(32)17-15(30)16(31)21(35-17)29-10-25-14-18(23)26-13(27-19(14)29)9-12-5-7-28(8-6-12)22(33)34-11(2)3/h10-12,15-17,21,30-31H,4-9H2,1-3H3,(H,24,32)(H2,23,26,27)/t15-,16?,17+,21-/m1/s1. The van der Waals surface area contributed by atoms with Crippen molar-refractivity contribution in [3.05, 3.63) is 12.2 Å². The van der Waals surface area contributed by atoms with Crippen molar-refractivity contribution in [2.45, 2.75) is 70.7 Å². The van der Waals surface area contributed by atoms with Crippen molar-refractivity contribution < 1.29 is 29.3 Å². The van der Waals surface area contributed by atoms with E-state index in [4.69, 9.17) is 15.2 Å². The summed E-state index contributed by atoms with van der Waals surface area (Å²) in [7, 11) is 0. The van der Waals surface area contributed by atoms with Crippen LogP contribution in [-0.2, 0) is 20.7 Å². The highest BCUT2D eigenvalue weighted by molar-refractivity contribution is 5.83. The summed E-state index contributed by atoms with van der Waals surface area (Å²) in [4.78, 5) is 39.3. The molecule has 0 bridgehead atoms. The molecule has 0 radical (unpaired) electrons. The van der Waals surface area contributed by atoms with Gasteiger partial charge in [-0.2, -0.15) is 0 Å². The zero-order valence-corrected chi connectivity index (χ0v) is 20.1. The van der Waals surface area contributed by atoms with E-state index in [1.54, 1.807) is 11.8 Å². The average molecular weight is 492 g/mol. The Balaban J connectivity index is 1.49. The van der Waals surface area contributed by atoms with Crippen LogP contribution >= 0.6 is 0 Å². The molecule has 5 N–H and O–H groups in total. The number of likely N-dealkylation sites (N-methyl/N-ethyl adjacent to an activating group) is 1. The Bertz CT molecular complexity index is 1070. The number of nitrogens with one attached hydrogen (secondary N) is 1. The van der Waals surface area contributed by atoms with Crippen molar-refractivity contribution in [1.29, 1.82) is 0 Å². The van der Waals surface area contributed by atoms with Crippen LogP contribution in [0.3, 0.4) is 0 Å². The van der Waals surface area contributed by atoms with Gasteiger partial charge >= 0.3 is 6.09 Å². The molecule has 0 saturated carbocycles. The highest BCUT2D eigenvalue weighted by atomic mass is 16.6. The molecule has 0 spiro atoms. The molecule has 13 heteroatoms. The first-order chi connectivity index (χ1) is 16.7. The van der Waals surface area contributed by atoms with Crippen LogP contribution in [0.25, 0.3) is 11.2 Å². The summed E-state index contributed by atoms with van der Waals surface area (Å²) in [5.74, 6) is 0.441. The topological polar surface area (TPSA) is 178 Å². The Morgan fingerprint density at radius 1 is 1.26 bits per heavy atom. The highest BCUT2D eigenvalue weighted by Gasteiger charge is 2.47. The number of aliphatic hydroxyl groups excluding tert-OH is 2. The first kappa shape index (κ1) is 25.1. The van der Waals surface area contributed by atoms with E-state index in [0.717, 1.165) is 12.8 Å². The fourth-order valence-electron chi connectivity index (χ4n) is 4.50. The van der Waals surface area contributed by atoms with Gasteiger partial charge < -0.3 is 35.6 Å². The number of piperidine rings is 1. The molecule has 2 amide bonds. The summed E-state index contributed by atoms with van der Waals surface area (Å²) in [5, 5.41) is 23.5. The number of rotatable bonds is 6. The molecule has 192 valence electrons. The number of anilines is 1. The number of nitrogens with two attached hydrogens (primary N) is 1. The van der Waals surface area contributed by atoms with E-state index in [2.05, 4.69) is 20.3 Å². The van der Waals surface area contributed by atoms with E-state index in [0.29, 0.717) is 43.0 Å². The molecular weight excluding hydrogens is 458 g/mol. The number of likely N-dealkylation sites (tertiary alicyclic amines) is 1. The third-order valence-electron chi connectivity index (χ3n) is 6.30. The van der Waals surface area contributed by atoms with E-state index < -0.39 is 30.4 Å². The van der Waals surface area contributed by atoms with Gasteiger partial charge in [-0.1, -0.05) is 0 Å². The number of ether oxygens (including phenoxy) is 2. The molecule has 0 aromatic carbocycles. The van der Waals surface area contributed by atoms with Gasteiger partial charge in [-0.3, -0.25) is 9.36 Å². The molecule has 2 aromatic rings. The molecule has 2 aromatic heterocycles. The van der Waals surface area contributed by atoms with Crippen LogP contribution in [-0.4, -0.2) is 90.7 Å². The molecule has 35 heavy (non-hydrogen) atoms. The van der Waals surface area contributed by atoms with E-state index >= 15 is 0 Å². The largest absolute Gasteiger partial charge is 0.447 e. The first-order valence-electron chi connectivity index (χ1n) is 11.9. The number of aromatic nitrogens is 4. The van der Waals surface area contributed by atoms with Gasteiger partial charge in [0.05, 0.1) is 12.4 Å². The van der Waals surface area contributed by atoms with Crippen molar-refractivity contribution in [3.63, 3.8) is 0 Å². The smallest absolute Gasteiger partial charge is 0.410 e. The van der Waals surface area contributed by atoms with Crippen molar-refractivity contribution in [2.24, 2.45) is 5.92 Å². The van der Waals surface area contributed by atoms with Crippen LogP contribution in [0.1, 0.15) is 45.7 Å². The normalized spacial score (nSPS) is 25.4. The summed E-state index contributed by atoms with van der Waals surface area (Å²) in [6, 6.07) is 0. The second-order valence-corrected chi connectivity index (χ2v) is 9.24. The minimum absolute atomic E-state index is 0.159. The van der Waals surface area contributed by atoms with E-state index in [9.17, 15) is 19.8 Å². The van der Waals surface area contributed by atoms with Gasteiger partial charge in [0.1, 0.15) is 23.5 Å². The van der Waals surface area contributed by atoms with Gasteiger partial charge in [-0.15, -0.1) is 0 Å². The number of hydrogen-bond donors (Lipinski definition) is 4. The first-order valence-corrected chi connectivity index (χ1v) is 11.9. The fourth-order valence-corrected chi connectivity index (χ4v) is 4.50. The zero-order valence-electron chi connectivity index (χ0n) is 20.1. The molecule has 13 nitrogen and oxygen atoms in total. The molecule has 2 fully saturated rings. The molecule has 4 rings (SSSR count). The Labute approximate surface area is 202 Å². The van der Waals surface area contributed by atoms with Crippen molar-refractivity contribution >= 4 is 29.0 Å². The highest BCUT2D eigenvalue weighted by Crippen LogP contribution is 2.32. The maximum atomic E-state index is 12.2. The van der Waals surface area contributed by atoms with E-state index in [1.807, 2.05) is 13.8 Å². The molecule has 1 unspecified atom stereocenters. The molecule has 4 heterocycles. The number of imidazole rings is 1. The second-order valence-electron chi connectivity index (χ2n) is 9.24. The molecule has 2 saturated heterocycles. The minimum atomic E-state index is -1.41. The number of carbonyl (C=O) groups excluding carboxylic acids is 2. The lowest BCUT2D eigenvalue weighted by molar-refractivity contribution is -0.137. The maximum Gasteiger partial charge on any atom is 0.410 e. The Kier molecular flexibility index (Phi) is 7.38. The van der Waals surface area contributed by atoms with Crippen LogP contribution in [0.4, 0.5) is 10.6 Å². The van der Waals surface area contributed by atoms with Gasteiger partial charge in [0.15, 0.2) is 23.8 Å². The van der Waals surface area contributed by atoms with Crippen LogP contribution in [0.5, 0.6) is 0 Å². The lowest BCUT2D eigenvalue weighted by atomic mass is 9.93. The van der Waals surface area contributed by atoms with Gasteiger partial charge in [-0.05, 0) is 39.5 Å². The third kappa shape index (κ3) is 5.16. The molecule has 2 aliphatic heterocycles. The molecule has 0 aliphatic carbocycles. The lowest BCUT2D eigenvalue weighted by Gasteiger charge is -2.31.